The van der Waals surface area contributed by atoms with Crippen LogP contribution in [0.2, 0.25) is 0 Å². The molecule has 32 nitrogen and oxygen atoms in total. The highest BCUT2D eigenvalue weighted by atomic mass is 19.1. The summed E-state index contributed by atoms with van der Waals surface area (Å²) in [5.74, 6) is 3.46. The number of hydrogen-bond acceptors (Lipinski definition) is 26. The third-order valence-electron chi connectivity index (χ3n) is 21.1. The SMILES string of the molecule is C=CC(=O)N1CC=C(c2ccc3ncnc(Nc4cc(C)c(Oc5ccn6ncnc6c5)cc4F)c3n2)CC1.C=CC(=O)N1CC=C(c2ccc3ncnc(Nc4ccc(Oc5ccn6ncnc6c5)c(C)c4F)c3n2)CC1.Cc1cc(Nc2ncnc3ccc(C4=CCN(C(=O)/C=C/CN5CCOCC5)CC4)nc23)ccc1Oc1ccn2ncnc2c1. The Labute approximate surface area is 701 Å². The van der Waals surface area contributed by atoms with Crippen molar-refractivity contribution in [3.63, 3.8) is 0 Å². The van der Waals surface area contributed by atoms with E-state index in [1.54, 1.807) is 91.2 Å². The van der Waals surface area contributed by atoms with E-state index >= 15 is 8.78 Å². The van der Waals surface area contributed by atoms with Crippen LogP contribution < -0.4 is 30.2 Å². The van der Waals surface area contributed by atoms with E-state index in [-0.39, 0.29) is 29.1 Å². The van der Waals surface area contributed by atoms with E-state index in [2.05, 4.69) is 100 Å². The van der Waals surface area contributed by atoms with Gasteiger partial charge in [0.05, 0.1) is 58.2 Å². The number of amides is 3. The number of halogens is 2. The highest BCUT2D eigenvalue weighted by Crippen LogP contribution is 2.38. The predicted octanol–water partition coefficient (Wildman–Crippen LogP) is 14.1. The largest absolute Gasteiger partial charge is 0.457 e. The number of anilines is 6. The predicted molar refractivity (Wildman–Crippen MR) is 459 cm³/mol. The Hall–Kier alpha value is -15.6. The number of ether oxygens (including phenoxy) is 4. The number of benzene rings is 3. The Morgan fingerprint density at radius 1 is 0.455 bits per heavy atom. The average molecular weight is 1650 g/mol. The molecule has 16 heterocycles. The third-order valence-corrected chi connectivity index (χ3v) is 21.1. The van der Waals surface area contributed by atoms with Gasteiger partial charge in [0, 0.05) is 119 Å². The van der Waals surface area contributed by atoms with E-state index in [0.717, 1.165) is 101 Å². The van der Waals surface area contributed by atoms with Gasteiger partial charge >= 0.3 is 0 Å². The summed E-state index contributed by atoms with van der Waals surface area (Å²) in [5, 5.41) is 21.8. The van der Waals surface area contributed by atoms with E-state index in [1.807, 2.05) is 110 Å². The topological polar surface area (TPSA) is 344 Å². The van der Waals surface area contributed by atoms with Gasteiger partial charge in [0.25, 0.3) is 0 Å². The van der Waals surface area contributed by atoms with E-state index in [9.17, 15) is 14.4 Å². The first kappa shape index (κ1) is 79.9. The summed E-state index contributed by atoms with van der Waals surface area (Å²) >= 11 is 0. The number of aromatic nitrogens is 18. The molecule has 0 unspecified atom stereocenters. The lowest BCUT2D eigenvalue weighted by atomic mass is 10.0. The molecule has 0 radical (unpaired) electrons. The van der Waals surface area contributed by atoms with E-state index < -0.39 is 11.6 Å². The van der Waals surface area contributed by atoms with Crippen LogP contribution in [0, 0.1) is 32.4 Å². The number of aryl methyl sites for hydroxylation is 2. The van der Waals surface area contributed by atoms with Crippen LogP contribution in [0.15, 0.2) is 228 Å². The quantitative estimate of drug-likeness (QED) is 0.0597. The fourth-order valence-corrected chi connectivity index (χ4v) is 14.3. The van der Waals surface area contributed by atoms with Gasteiger partial charge in [-0.3, -0.25) is 19.3 Å². The van der Waals surface area contributed by atoms with Crippen LogP contribution in [0.4, 0.5) is 43.3 Å². The number of morpholine rings is 1. The van der Waals surface area contributed by atoms with Gasteiger partial charge in [-0.15, -0.1) is 0 Å². The van der Waals surface area contributed by atoms with Crippen LogP contribution in [0.5, 0.6) is 34.5 Å². The van der Waals surface area contributed by atoms with Crippen molar-refractivity contribution in [3.05, 3.63) is 273 Å². The monoisotopic (exact) mass is 1650 g/mol. The summed E-state index contributed by atoms with van der Waals surface area (Å²) in [6.45, 7) is 20.0. The van der Waals surface area contributed by atoms with E-state index in [4.69, 9.17) is 33.9 Å². The molecule has 4 aliphatic heterocycles. The first-order valence-corrected chi connectivity index (χ1v) is 39.5. The second-order valence-corrected chi connectivity index (χ2v) is 29.0. The van der Waals surface area contributed by atoms with Gasteiger partial charge in [0.15, 0.2) is 40.2 Å². The van der Waals surface area contributed by atoms with Crippen molar-refractivity contribution in [2.24, 2.45) is 0 Å². The Balaban J connectivity index is 0.000000131. The number of hydrogen-bond donors (Lipinski definition) is 3. The summed E-state index contributed by atoms with van der Waals surface area (Å²) in [6, 6.07) is 34.2. The Morgan fingerprint density at radius 3 is 1.36 bits per heavy atom. The number of nitrogens with one attached hydrogen (secondary N) is 3. The summed E-state index contributed by atoms with van der Waals surface area (Å²) in [5.41, 5.74) is 14.5. The van der Waals surface area contributed by atoms with Crippen molar-refractivity contribution in [1.29, 1.82) is 0 Å². The molecule has 34 heteroatoms. The van der Waals surface area contributed by atoms with Crippen LogP contribution >= 0.6 is 0 Å². The maximum Gasteiger partial charge on any atom is 0.246 e. The zero-order valence-electron chi connectivity index (χ0n) is 67.0. The fraction of sp³-hybridized carbons (Fsp3) is 0.191. The molecule has 0 aliphatic carbocycles. The molecule has 0 atom stereocenters. The van der Waals surface area contributed by atoms with Crippen LogP contribution in [0.1, 0.15) is 53.0 Å². The number of rotatable bonds is 20. The first-order chi connectivity index (χ1) is 60.1. The fourth-order valence-electron chi connectivity index (χ4n) is 14.3. The molecular formula is C89H79F2N25O7. The number of pyridine rings is 6. The molecule has 1 saturated heterocycles. The minimum atomic E-state index is -0.510. The molecule has 3 N–H and O–H groups in total. The molecule has 19 rings (SSSR count). The maximum atomic E-state index is 15.5. The Bertz CT molecular complexity index is 6540. The normalized spacial score (nSPS) is 14.3. The number of fused-ring (bicyclic) bond motifs is 6. The van der Waals surface area contributed by atoms with Crippen molar-refractivity contribution in [1.82, 2.24) is 108 Å². The van der Waals surface area contributed by atoms with Crippen molar-refractivity contribution in [2.45, 2.75) is 40.0 Å². The smallest absolute Gasteiger partial charge is 0.246 e. The van der Waals surface area contributed by atoms with Crippen LogP contribution in [0.25, 0.3) is 66.8 Å². The lowest BCUT2D eigenvalue weighted by molar-refractivity contribution is -0.126. The average Bonchev–Trinajstić information content (AvgIpc) is 1.39. The van der Waals surface area contributed by atoms with Crippen LogP contribution in [-0.4, -0.2) is 198 Å². The summed E-state index contributed by atoms with van der Waals surface area (Å²) in [6.07, 6.45) is 28.4. The second-order valence-electron chi connectivity index (χ2n) is 29.0. The molecule has 123 heavy (non-hydrogen) atoms. The minimum Gasteiger partial charge on any atom is -0.457 e. The maximum absolute atomic E-state index is 15.5. The minimum absolute atomic E-state index is 0.0352. The standard InChI is InChI=1S/C33H33N9O3.2C28H23FN8O2/c1-23-19-25(4-7-29(23)45-26-10-14-42-30(20-26)35-22-37-42)38-33-32-28(34-21-36-33)6-5-27(39-32)24-8-12-41(13-9-24)31(43)3-2-11-40-15-17-44-18-16-40;1-3-26(38)36-9-6-18(7-10-36)21-4-5-22-27(34-21)28(32-15-30-22)35-23-12-17(2)24(14-20(23)29)39-19-8-11-37-25(13-19)31-16-33-37;1-3-25(38)36-11-8-18(9-12-36)20-4-5-22-27(34-20)28(32-15-30-22)35-21-6-7-23(17(2)26(21)29)39-19-10-13-37-24(14-19)31-16-33-37/h2-8,10,14,19-22H,9,11-13,15-18H2,1H3,(H,34,36,38);3-6,8,11-16H,1,7,9-10H2,2H3,(H,30,32,35);3-8,10,13-16H,1,9,11-12H2,2H3,(H,30,32,35)/b3-2+;;. The molecule has 12 aromatic heterocycles. The highest BCUT2D eigenvalue weighted by Gasteiger charge is 2.25. The summed E-state index contributed by atoms with van der Waals surface area (Å²) < 4.78 is 59.0. The number of nitrogens with zero attached hydrogens (tertiary/aromatic N) is 22. The second kappa shape index (κ2) is 35.9. The molecule has 0 saturated carbocycles. The van der Waals surface area contributed by atoms with Crippen LogP contribution in [0.3, 0.4) is 0 Å². The molecular weight excluding hydrogens is 1570 g/mol. The zero-order valence-corrected chi connectivity index (χ0v) is 67.0. The molecule has 3 amide bonds. The van der Waals surface area contributed by atoms with Gasteiger partial charge in [-0.05, 0) is 171 Å². The third kappa shape index (κ3) is 18.2. The summed E-state index contributed by atoms with van der Waals surface area (Å²) in [7, 11) is 0. The lowest BCUT2D eigenvalue weighted by Crippen LogP contribution is -2.36. The van der Waals surface area contributed by atoms with Gasteiger partial charge < -0.3 is 49.6 Å². The first-order valence-electron chi connectivity index (χ1n) is 39.5. The summed E-state index contributed by atoms with van der Waals surface area (Å²) in [4.78, 5) is 97.4. The van der Waals surface area contributed by atoms with Gasteiger partial charge in [-0.1, -0.05) is 37.5 Å². The molecule has 3 aromatic carbocycles. The van der Waals surface area contributed by atoms with Crippen molar-refractivity contribution < 1.29 is 42.1 Å². The van der Waals surface area contributed by atoms with E-state index in [0.29, 0.717) is 148 Å². The molecule has 616 valence electrons. The molecule has 1 fully saturated rings. The molecule has 0 bridgehead atoms. The Kier molecular flexibility index (Phi) is 23.3. The zero-order chi connectivity index (χ0) is 84.5. The number of carbonyl (C=O) groups is 3. The molecule has 15 aromatic rings. The van der Waals surface area contributed by atoms with Gasteiger partial charge in [0.2, 0.25) is 17.7 Å². The lowest BCUT2D eigenvalue weighted by Gasteiger charge is -2.26. The van der Waals surface area contributed by atoms with Crippen molar-refractivity contribution in [3.8, 4) is 34.5 Å². The Morgan fingerprint density at radius 2 is 0.894 bits per heavy atom. The van der Waals surface area contributed by atoms with Crippen molar-refractivity contribution in [2.75, 3.05) is 88.1 Å². The number of carbonyl (C=O) groups excluding carboxylic acids is 3. The van der Waals surface area contributed by atoms with Gasteiger partial charge in [0.1, 0.15) is 94.8 Å². The van der Waals surface area contributed by atoms with Gasteiger partial charge in [-0.25, -0.2) is 82.1 Å². The molecule has 4 aliphatic rings. The highest BCUT2D eigenvalue weighted by molar-refractivity contribution is 5.93. The van der Waals surface area contributed by atoms with Crippen LogP contribution in [-0.2, 0) is 19.1 Å². The molecule has 0 spiro atoms. The van der Waals surface area contributed by atoms with E-state index in [1.165, 1.54) is 56.2 Å². The van der Waals surface area contributed by atoms with Gasteiger partial charge in [-0.2, -0.15) is 15.3 Å². The van der Waals surface area contributed by atoms with Crippen molar-refractivity contribution >= 4 is 119 Å².